The molecule has 1 aliphatic heterocycles. The monoisotopic (exact) mass is 349 g/mol. The molecule has 6 nitrogen and oxygen atoms in total. The van der Waals surface area contributed by atoms with Gasteiger partial charge < -0.3 is 24.4 Å². The number of nitrogens with one attached hydrogen (secondary N) is 1. The van der Waals surface area contributed by atoms with Crippen molar-refractivity contribution in [1.82, 2.24) is 10.2 Å². The van der Waals surface area contributed by atoms with E-state index in [4.69, 9.17) is 14.2 Å². The molecule has 6 heteroatoms. The Bertz CT molecular complexity index is 563. The molecule has 25 heavy (non-hydrogen) atoms. The maximum atomic E-state index is 5.65. The lowest BCUT2D eigenvalue weighted by Gasteiger charge is -2.22. The second kappa shape index (κ2) is 10.1. The zero-order valence-corrected chi connectivity index (χ0v) is 15.9. The van der Waals surface area contributed by atoms with Gasteiger partial charge in [0.25, 0.3) is 0 Å². The maximum Gasteiger partial charge on any atom is 0.193 e. The van der Waals surface area contributed by atoms with Gasteiger partial charge in [-0.3, -0.25) is 4.99 Å². The minimum absolute atomic E-state index is 0.587. The summed E-state index contributed by atoms with van der Waals surface area (Å²) < 4.78 is 16.5. The van der Waals surface area contributed by atoms with Crippen LogP contribution in [0.4, 0.5) is 0 Å². The highest BCUT2D eigenvalue weighted by atomic mass is 16.5. The van der Waals surface area contributed by atoms with E-state index in [9.17, 15) is 0 Å². The van der Waals surface area contributed by atoms with Crippen LogP contribution in [0, 0.1) is 5.92 Å². The topological polar surface area (TPSA) is 55.3 Å². The van der Waals surface area contributed by atoms with E-state index < -0.39 is 0 Å². The Morgan fingerprint density at radius 2 is 2.12 bits per heavy atom. The third-order valence-electron chi connectivity index (χ3n) is 4.33. The Morgan fingerprint density at radius 1 is 1.28 bits per heavy atom. The van der Waals surface area contributed by atoms with Crippen molar-refractivity contribution in [1.29, 1.82) is 0 Å². The van der Waals surface area contributed by atoms with Crippen LogP contribution in [-0.2, 0) is 11.3 Å². The minimum atomic E-state index is 0.587. The number of nitrogens with zero attached hydrogens (tertiary/aromatic N) is 2. The Balaban J connectivity index is 1.92. The zero-order valence-electron chi connectivity index (χ0n) is 15.9. The number of aliphatic imine (C=N–C) groups is 1. The largest absolute Gasteiger partial charge is 0.493 e. The van der Waals surface area contributed by atoms with Crippen molar-refractivity contribution in [3.05, 3.63) is 23.8 Å². The second-order valence-corrected chi connectivity index (χ2v) is 6.08. The van der Waals surface area contributed by atoms with E-state index in [1.165, 1.54) is 0 Å². The summed E-state index contributed by atoms with van der Waals surface area (Å²) in [5.41, 5.74) is 1.13. The lowest BCUT2D eigenvalue weighted by atomic mass is 10.1. The summed E-state index contributed by atoms with van der Waals surface area (Å²) in [5, 5.41) is 3.45. The molecule has 1 fully saturated rings. The molecule has 1 aliphatic rings. The van der Waals surface area contributed by atoms with E-state index in [0.29, 0.717) is 19.1 Å². The zero-order chi connectivity index (χ0) is 18.1. The van der Waals surface area contributed by atoms with E-state index in [2.05, 4.69) is 15.2 Å². The molecule has 0 aliphatic carbocycles. The fourth-order valence-corrected chi connectivity index (χ4v) is 3.06. The Kier molecular flexibility index (Phi) is 7.85. The van der Waals surface area contributed by atoms with Crippen LogP contribution in [0.3, 0.4) is 0 Å². The van der Waals surface area contributed by atoms with Gasteiger partial charge in [0, 0.05) is 39.2 Å². The molecule has 0 amide bonds. The van der Waals surface area contributed by atoms with Crippen molar-refractivity contribution in [2.45, 2.75) is 26.8 Å². The van der Waals surface area contributed by atoms with E-state index in [-0.39, 0.29) is 0 Å². The molecule has 1 unspecified atom stereocenters. The van der Waals surface area contributed by atoms with Crippen LogP contribution in [0.5, 0.6) is 11.5 Å². The third kappa shape index (κ3) is 5.53. The average molecular weight is 349 g/mol. The van der Waals surface area contributed by atoms with Crippen molar-refractivity contribution in [3.63, 3.8) is 0 Å². The van der Waals surface area contributed by atoms with Gasteiger partial charge in [0.1, 0.15) is 0 Å². The van der Waals surface area contributed by atoms with Gasteiger partial charge in [-0.15, -0.1) is 0 Å². The molecule has 1 saturated heterocycles. The molecule has 0 bridgehead atoms. The molecular weight excluding hydrogens is 318 g/mol. The Labute approximate surface area is 151 Å². The summed E-state index contributed by atoms with van der Waals surface area (Å²) >= 11 is 0. The van der Waals surface area contributed by atoms with Crippen molar-refractivity contribution in [3.8, 4) is 11.5 Å². The number of hydrogen-bond donors (Lipinski definition) is 1. The number of methoxy groups -OCH3 is 1. The highest BCUT2D eigenvalue weighted by Crippen LogP contribution is 2.28. The van der Waals surface area contributed by atoms with E-state index in [1.807, 2.05) is 39.1 Å². The van der Waals surface area contributed by atoms with Crippen molar-refractivity contribution in [2.75, 3.05) is 47.1 Å². The number of likely N-dealkylation sites (tertiary alicyclic amines) is 1. The van der Waals surface area contributed by atoms with Gasteiger partial charge in [-0.2, -0.15) is 0 Å². The van der Waals surface area contributed by atoms with Crippen LogP contribution in [-0.4, -0.2) is 57.9 Å². The standard InChI is InChI=1S/C19H31N3O3/c1-5-24-14-16-9-10-22(13-16)19(20-3)21-12-15-7-8-17(23-4)18(11-15)25-6-2/h7-8,11,16H,5-6,9-10,12-14H2,1-4H3,(H,20,21). The van der Waals surface area contributed by atoms with E-state index in [0.717, 1.165) is 55.7 Å². The molecule has 1 heterocycles. The fourth-order valence-electron chi connectivity index (χ4n) is 3.06. The lowest BCUT2D eigenvalue weighted by molar-refractivity contribution is 0.114. The summed E-state index contributed by atoms with van der Waals surface area (Å²) in [5.74, 6) is 3.06. The van der Waals surface area contributed by atoms with Gasteiger partial charge in [0.05, 0.1) is 20.3 Å². The summed E-state index contributed by atoms with van der Waals surface area (Å²) in [7, 11) is 3.49. The van der Waals surface area contributed by atoms with Crippen LogP contribution in [0.2, 0.25) is 0 Å². The van der Waals surface area contributed by atoms with E-state index in [1.54, 1.807) is 7.11 Å². The van der Waals surface area contributed by atoms with E-state index >= 15 is 0 Å². The molecule has 1 atom stereocenters. The van der Waals surface area contributed by atoms with Crippen LogP contribution in [0.15, 0.2) is 23.2 Å². The average Bonchev–Trinajstić information content (AvgIpc) is 3.10. The maximum absolute atomic E-state index is 5.65. The van der Waals surface area contributed by atoms with Crippen molar-refractivity contribution >= 4 is 5.96 Å². The lowest BCUT2D eigenvalue weighted by Crippen LogP contribution is -2.39. The number of hydrogen-bond acceptors (Lipinski definition) is 4. The predicted molar refractivity (Wildman–Crippen MR) is 101 cm³/mol. The third-order valence-corrected chi connectivity index (χ3v) is 4.33. The van der Waals surface area contributed by atoms with Crippen LogP contribution >= 0.6 is 0 Å². The van der Waals surface area contributed by atoms with Crippen molar-refractivity contribution in [2.24, 2.45) is 10.9 Å². The highest BCUT2D eigenvalue weighted by Gasteiger charge is 2.24. The van der Waals surface area contributed by atoms with Crippen LogP contribution in [0.25, 0.3) is 0 Å². The van der Waals surface area contributed by atoms with Gasteiger partial charge >= 0.3 is 0 Å². The normalized spacial score (nSPS) is 17.7. The first-order chi connectivity index (χ1) is 12.2. The first-order valence-electron chi connectivity index (χ1n) is 9.04. The molecule has 0 aromatic heterocycles. The molecule has 2 rings (SSSR count). The van der Waals surface area contributed by atoms with Gasteiger partial charge in [-0.1, -0.05) is 6.07 Å². The first kappa shape index (κ1) is 19.4. The molecule has 1 aromatic rings. The second-order valence-electron chi connectivity index (χ2n) is 6.08. The van der Waals surface area contributed by atoms with Crippen LogP contribution in [0.1, 0.15) is 25.8 Å². The molecule has 1 N–H and O–H groups in total. The minimum Gasteiger partial charge on any atom is -0.493 e. The number of guanidine groups is 1. The molecule has 140 valence electrons. The number of rotatable bonds is 8. The first-order valence-corrected chi connectivity index (χ1v) is 9.04. The quantitative estimate of drug-likeness (QED) is 0.577. The Hall–Kier alpha value is -1.95. The summed E-state index contributed by atoms with van der Waals surface area (Å²) in [4.78, 5) is 6.73. The molecule has 1 aromatic carbocycles. The predicted octanol–water partition coefficient (Wildman–Crippen LogP) is 2.53. The molecule has 0 spiro atoms. The number of ether oxygens (including phenoxy) is 3. The molecular formula is C19H31N3O3. The SMILES string of the molecule is CCOCC1CCN(C(=NC)NCc2ccc(OC)c(OCC)c2)C1. The summed E-state index contributed by atoms with van der Waals surface area (Å²) in [6, 6.07) is 6.01. The van der Waals surface area contributed by atoms with Gasteiger partial charge in [-0.05, 0) is 38.0 Å². The molecule has 0 radical (unpaired) electrons. The smallest absolute Gasteiger partial charge is 0.193 e. The van der Waals surface area contributed by atoms with Gasteiger partial charge in [0.2, 0.25) is 0 Å². The summed E-state index contributed by atoms with van der Waals surface area (Å²) in [6.45, 7) is 8.95. The van der Waals surface area contributed by atoms with Crippen LogP contribution < -0.4 is 14.8 Å². The fraction of sp³-hybridized carbons (Fsp3) is 0.632. The van der Waals surface area contributed by atoms with Gasteiger partial charge in [-0.25, -0.2) is 0 Å². The highest BCUT2D eigenvalue weighted by molar-refractivity contribution is 5.80. The number of benzene rings is 1. The Morgan fingerprint density at radius 3 is 2.80 bits per heavy atom. The van der Waals surface area contributed by atoms with Crippen molar-refractivity contribution < 1.29 is 14.2 Å². The van der Waals surface area contributed by atoms with Gasteiger partial charge in [0.15, 0.2) is 17.5 Å². The molecule has 0 saturated carbocycles. The summed E-state index contributed by atoms with van der Waals surface area (Å²) in [6.07, 6.45) is 1.15.